The van der Waals surface area contributed by atoms with Crippen LogP contribution in [0.25, 0.3) is 0 Å². The molecule has 1 atom stereocenters. The Morgan fingerprint density at radius 1 is 1.03 bits per heavy atom. The van der Waals surface area contributed by atoms with Gasteiger partial charge in [-0.1, -0.05) is 55.8 Å². The molecule has 7 heteroatoms. The lowest BCUT2D eigenvalue weighted by Gasteiger charge is -2.30. The fraction of sp³-hybridized carbons (Fsp3) is 0.435. The highest BCUT2D eigenvalue weighted by atomic mass is 32.2. The van der Waals surface area contributed by atoms with E-state index in [1.165, 1.54) is 37.4 Å². The molecule has 164 valence electrons. The number of Topliss-reactive ketones (excluding diaryl/α,β-unsaturated/α-hetero) is 1. The highest BCUT2D eigenvalue weighted by Gasteiger charge is 2.20. The lowest BCUT2D eigenvalue weighted by atomic mass is 10.0. The van der Waals surface area contributed by atoms with E-state index in [1.807, 2.05) is 0 Å². The van der Waals surface area contributed by atoms with E-state index in [-0.39, 0.29) is 23.3 Å². The third-order valence-electron chi connectivity index (χ3n) is 5.27. The first kappa shape index (κ1) is 24.2. The molecule has 0 aliphatic rings. The van der Waals surface area contributed by atoms with Gasteiger partial charge in [0.2, 0.25) is 10.0 Å². The van der Waals surface area contributed by atoms with E-state index < -0.39 is 10.0 Å². The van der Waals surface area contributed by atoms with Crippen LogP contribution in [0.4, 0.5) is 0 Å². The van der Waals surface area contributed by atoms with Gasteiger partial charge in [-0.2, -0.15) is 0 Å². The molecule has 30 heavy (non-hydrogen) atoms. The molecule has 0 radical (unpaired) electrons. The molecule has 0 fully saturated rings. The first-order valence-electron chi connectivity index (χ1n) is 10.3. The van der Waals surface area contributed by atoms with Crippen molar-refractivity contribution in [2.45, 2.75) is 31.7 Å². The first-order chi connectivity index (χ1) is 14.2. The number of nitrogens with zero attached hydrogens (tertiary/aromatic N) is 2. The van der Waals surface area contributed by atoms with Gasteiger partial charge < -0.3 is 5.32 Å². The summed E-state index contributed by atoms with van der Waals surface area (Å²) in [7, 11) is -0.618. The Bertz CT molecular complexity index is 936. The molecular formula is C23H33N3O3S. The maximum absolute atomic E-state index is 12.7. The second kappa shape index (κ2) is 10.8. The maximum Gasteiger partial charge on any atom is 0.242 e. The second-order valence-corrected chi connectivity index (χ2v) is 9.67. The molecule has 0 saturated heterocycles. The lowest BCUT2D eigenvalue weighted by molar-refractivity contribution is 0.0986. The first-order valence-corrected chi connectivity index (χ1v) is 11.7. The van der Waals surface area contributed by atoms with E-state index in [1.54, 1.807) is 12.1 Å². The number of benzene rings is 2. The molecule has 0 aromatic heterocycles. The summed E-state index contributed by atoms with van der Waals surface area (Å²) < 4.78 is 25.8. The van der Waals surface area contributed by atoms with Crippen molar-refractivity contribution in [3.05, 3.63) is 65.2 Å². The summed E-state index contributed by atoms with van der Waals surface area (Å²) in [6.45, 7) is 8.93. The van der Waals surface area contributed by atoms with E-state index in [0.717, 1.165) is 17.4 Å². The summed E-state index contributed by atoms with van der Waals surface area (Å²) in [4.78, 5) is 15.2. The third kappa shape index (κ3) is 5.98. The predicted octanol–water partition coefficient (Wildman–Crippen LogP) is 3.10. The average molecular weight is 432 g/mol. The number of hydrogen-bond acceptors (Lipinski definition) is 5. The van der Waals surface area contributed by atoms with Gasteiger partial charge in [-0.3, -0.25) is 9.69 Å². The van der Waals surface area contributed by atoms with Crippen molar-refractivity contribution in [3.8, 4) is 0 Å². The molecule has 0 amide bonds. The van der Waals surface area contributed by atoms with Crippen LogP contribution in [0.1, 0.15) is 41.4 Å². The zero-order chi connectivity index (χ0) is 22.3. The molecule has 0 bridgehead atoms. The molecular weight excluding hydrogens is 398 g/mol. The molecule has 0 heterocycles. The van der Waals surface area contributed by atoms with Crippen LogP contribution in [0.2, 0.25) is 0 Å². The van der Waals surface area contributed by atoms with Gasteiger partial charge in [0, 0.05) is 32.2 Å². The van der Waals surface area contributed by atoms with Gasteiger partial charge in [0.1, 0.15) is 0 Å². The Labute approximate surface area is 180 Å². The number of carbonyl (C=O) groups excluding carboxylic acids is 1. The van der Waals surface area contributed by atoms with E-state index >= 15 is 0 Å². The monoisotopic (exact) mass is 431 g/mol. The summed E-state index contributed by atoms with van der Waals surface area (Å²) in [6.07, 6.45) is 0. The topological polar surface area (TPSA) is 69.7 Å². The van der Waals surface area contributed by atoms with Crippen molar-refractivity contribution >= 4 is 15.8 Å². The number of carbonyl (C=O) groups is 1. The van der Waals surface area contributed by atoms with E-state index in [4.69, 9.17) is 0 Å². The standard InChI is InChI=1S/C23H33N3O3S/c1-6-26(7-2)22(19-13-11-18(3)12-14-19)16-24-17-23(27)20-9-8-10-21(15-20)30(28,29)25(4)5/h8-15,22,24H,6-7,16-17H2,1-5H3. The molecule has 0 saturated carbocycles. The minimum atomic E-state index is -3.57. The summed E-state index contributed by atoms with van der Waals surface area (Å²) >= 11 is 0. The second-order valence-electron chi connectivity index (χ2n) is 7.52. The molecule has 0 spiro atoms. The van der Waals surface area contributed by atoms with Crippen LogP contribution in [-0.4, -0.2) is 63.7 Å². The molecule has 0 aliphatic heterocycles. The molecule has 2 rings (SSSR count). The van der Waals surface area contributed by atoms with Crippen molar-refractivity contribution < 1.29 is 13.2 Å². The summed E-state index contributed by atoms with van der Waals surface area (Å²) in [5.41, 5.74) is 2.82. The zero-order valence-corrected chi connectivity index (χ0v) is 19.4. The van der Waals surface area contributed by atoms with Crippen molar-refractivity contribution in [3.63, 3.8) is 0 Å². The third-order valence-corrected chi connectivity index (χ3v) is 7.08. The van der Waals surface area contributed by atoms with Crippen LogP contribution in [0.5, 0.6) is 0 Å². The van der Waals surface area contributed by atoms with Gasteiger partial charge in [-0.05, 0) is 37.7 Å². The normalized spacial score (nSPS) is 13.0. The zero-order valence-electron chi connectivity index (χ0n) is 18.6. The van der Waals surface area contributed by atoms with Gasteiger partial charge >= 0.3 is 0 Å². The van der Waals surface area contributed by atoms with Crippen LogP contribution in [0.15, 0.2) is 53.4 Å². The van der Waals surface area contributed by atoms with Gasteiger partial charge in [-0.25, -0.2) is 12.7 Å². The number of nitrogens with one attached hydrogen (secondary N) is 1. The van der Waals surface area contributed by atoms with Crippen LogP contribution in [-0.2, 0) is 10.0 Å². The SMILES string of the molecule is CCN(CC)C(CNCC(=O)c1cccc(S(=O)(=O)N(C)C)c1)c1ccc(C)cc1. The molecule has 0 aliphatic carbocycles. The number of rotatable bonds is 11. The fourth-order valence-corrected chi connectivity index (χ4v) is 4.32. The quantitative estimate of drug-likeness (QED) is 0.554. The van der Waals surface area contributed by atoms with Crippen molar-refractivity contribution in [1.29, 1.82) is 0 Å². The molecule has 1 unspecified atom stereocenters. The van der Waals surface area contributed by atoms with E-state index in [0.29, 0.717) is 12.1 Å². The minimum absolute atomic E-state index is 0.124. The van der Waals surface area contributed by atoms with E-state index in [2.05, 4.69) is 55.3 Å². The summed E-state index contributed by atoms with van der Waals surface area (Å²) in [5, 5.41) is 3.28. The fourth-order valence-electron chi connectivity index (χ4n) is 3.38. The summed E-state index contributed by atoms with van der Waals surface area (Å²) in [6, 6.07) is 14.9. The predicted molar refractivity (Wildman–Crippen MR) is 121 cm³/mol. The highest BCUT2D eigenvalue weighted by molar-refractivity contribution is 7.89. The molecule has 6 nitrogen and oxygen atoms in total. The number of ketones is 1. The maximum atomic E-state index is 12.7. The Morgan fingerprint density at radius 3 is 2.23 bits per heavy atom. The molecule has 1 N–H and O–H groups in total. The van der Waals surface area contributed by atoms with Gasteiger partial charge in [0.05, 0.1) is 11.4 Å². The number of likely N-dealkylation sites (N-methyl/N-ethyl adjacent to an activating group) is 1. The van der Waals surface area contributed by atoms with Crippen LogP contribution >= 0.6 is 0 Å². The van der Waals surface area contributed by atoms with Crippen LogP contribution < -0.4 is 5.32 Å². The van der Waals surface area contributed by atoms with Gasteiger partial charge in [0.15, 0.2) is 5.78 Å². The lowest BCUT2D eigenvalue weighted by Crippen LogP contribution is -2.37. The number of sulfonamides is 1. The smallest absolute Gasteiger partial charge is 0.242 e. The Hall–Kier alpha value is -2.06. The molecule has 2 aromatic carbocycles. The van der Waals surface area contributed by atoms with Crippen LogP contribution in [0.3, 0.4) is 0 Å². The highest BCUT2D eigenvalue weighted by Crippen LogP contribution is 2.20. The van der Waals surface area contributed by atoms with Crippen molar-refractivity contribution in [1.82, 2.24) is 14.5 Å². The minimum Gasteiger partial charge on any atom is -0.308 e. The van der Waals surface area contributed by atoms with E-state index in [9.17, 15) is 13.2 Å². The van der Waals surface area contributed by atoms with Gasteiger partial charge in [0.25, 0.3) is 0 Å². The van der Waals surface area contributed by atoms with Crippen molar-refractivity contribution in [2.75, 3.05) is 40.3 Å². The van der Waals surface area contributed by atoms with Gasteiger partial charge in [-0.15, -0.1) is 0 Å². The molecule has 2 aromatic rings. The Kier molecular flexibility index (Phi) is 8.73. The van der Waals surface area contributed by atoms with Crippen molar-refractivity contribution in [2.24, 2.45) is 0 Å². The number of hydrogen-bond donors (Lipinski definition) is 1. The van der Waals surface area contributed by atoms with Crippen LogP contribution in [0, 0.1) is 6.92 Å². The Balaban J connectivity index is 2.10. The number of aryl methyl sites for hydroxylation is 1. The largest absolute Gasteiger partial charge is 0.308 e. The summed E-state index contributed by atoms with van der Waals surface area (Å²) in [5.74, 6) is -0.131. The Morgan fingerprint density at radius 2 is 1.67 bits per heavy atom. The average Bonchev–Trinajstić information content (AvgIpc) is 2.74.